The van der Waals surface area contributed by atoms with E-state index in [1.165, 1.54) is 4.90 Å². The Morgan fingerprint density at radius 3 is 2.62 bits per heavy atom. The number of allylic oxidation sites excluding steroid dienone is 2. The van der Waals surface area contributed by atoms with Gasteiger partial charge >= 0.3 is 18.1 Å². The highest BCUT2D eigenvalue weighted by atomic mass is 32.2. The van der Waals surface area contributed by atoms with Crippen molar-refractivity contribution in [2.24, 2.45) is 0 Å². The molecule has 2 aliphatic rings. The van der Waals surface area contributed by atoms with Crippen LogP contribution in [0, 0.1) is 5.41 Å². The lowest BCUT2D eigenvalue weighted by Gasteiger charge is -2.21. The largest absolute Gasteiger partial charge is 0.458 e. The Morgan fingerprint density at radius 2 is 1.89 bits per heavy atom. The van der Waals surface area contributed by atoms with Crippen LogP contribution in [0.5, 0.6) is 0 Å². The van der Waals surface area contributed by atoms with Crippen LogP contribution in [-0.4, -0.2) is 54.5 Å². The number of carbonyl (C=O) groups excluding carboxylic acids is 3. The SMILES string of the molecule is CSCC1=CC(=N)C=CC1NC(=O)NCc1ccc(N2CC(C(=O)OCc3ccccc3)OC2=O)cc1. The molecule has 1 aliphatic heterocycles. The van der Waals surface area contributed by atoms with Crippen LogP contribution >= 0.6 is 11.8 Å². The van der Waals surface area contributed by atoms with E-state index in [1.54, 1.807) is 48.2 Å². The monoisotopic (exact) mass is 520 g/mol. The molecule has 10 heteroatoms. The molecule has 0 spiro atoms. The van der Waals surface area contributed by atoms with E-state index in [2.05, 4.69) is 10.6 Å². The molecule has 4 rings (SSSR count). The lowest BCUT2D eigenvalue weighted by atomic mass is 10.0. The summed E-state index contributed by atoms with van der Waals surface area (Å²) in [7, 11) is 0. The maximum Gasteiger partial charge on any atom is 0.415 e. The molecule has 0 aromatic heterocycles. The van der Waals surface area contributed by atoms with E-state index in [0.29, 0.717) is 17.9 Å². The topological polar surface area (TPSA) is 121 Å². The van der Waals surface area contributed by atoms with E-state index in [-0.39, 0.29) is 25.2 Å². The molecule has 3 N–H and O–H groups in total. The van der Waals surface area contributed by atoms with Crippen LogP contribution in [0.1, 0.15) is 11.1 Å². The Hall–Kier alpha value is -4.05. The zero-order chi connectivity index (χ0) is 26.2. The lowest BCUT2D eigenvalue weighted by molar-refractivity contribution is -0.152. The number of nitrogens with one attached hydrogen (secondary N) is 3. The van der Waals surface area contributed by atoms with E-state index in [0.717, 1.165) is 22.5 Å². The first kappa shape index (κ1) is 26.0. The first-order valence-electron chi connectivity index (χ1n) is 11.7. The van der Waals surface area contributed by atoms with Gasteiger partial charge in [-0.2, -0.15) is 11.8 Å². The average molecular weight is 521 g/mol. The van der Waals surface area contributed by atoms with Gasteiger partial charge in [-0.3, -0.25) is 4.90 Å². The van der Waals surface area contributed by atoms with Crippen LogP contribution in [0.3, 0.4) is 0 Å². The van der Waals surface area contributed by atoms with Crippen LogP contribution in [0.2, 0.25) is 0 Å². The highest BCUT2D eigenvalue weighted by Crippen LogP contribution is 2.23. The molecule has 1 heterocycles. The van der Waals surface area contributed by atoms with Gasteiger partial charge in [0, 0.05) is 18.0 Å². The Labute approximate surface area is 219 Å². The fraction of sp³-hybridized carbons (Fsp3) is 0.259. The Kier molecular flexibility index (Phi) is 8.63. The summed E-state index contributed by atoms with van der Waals surface area (Å²) in [6, 6.07) is 15.8. The van der Waals surface area contributed by atoms with Crippen molar-refractivity contribution in [3.63, 3.8) is 0 Å². The summed E-state index contributed by atoms with van der Waals surface area (Å²) >= 11 is 1.63. The number of rotatable bonds is 9. The summed E-state index contributed by atoms with van der Waals surface area (Å²) in [4.78, 5) is 38.5. The fourth-order valence-corrected chi connectivity index (χ4v) is 4.48. The second kappa shape index (κ2) is 12.3. The van der Waals surface area contributed by atoms with Crippen molar-refractivity contribution >= 4 is 41.3 Å². The number of amides is 3. The van der Waals surface area contributed by atoms with Gasteiger partial charge in [-0.1, -0.05) is 48.5 Å². The first-order chi connectivity index (χ1) is 17.9. The number of hydrogen-bond acceptors (Lipinski definition) is 7. The van der Waals surface area contributed by atoms with Gasteiger partial charge in [0.1, 0.15) is 6.61 Å². The Balaban J connectivity index is 1.26. The molecule has 37 heavy (non-hydrogen) atoms. The van der Waals surface area contributed by atoms with Crippen molar-refractivity contribution in [2.75, 3.05) is 23.5 Å². The minimum absolute atomic E-state index is 0.0602. The number of cyclic esters (lactones) is 1. The van der Waals surface area contributed by atoms with E-state index in [1.807, 2.05) is 42.7 Å². The molecule has 1 saturated heterocycles. The van der Waals surface area contributed by atoms with Crippen LogP contribution in [-0.2, 0) is 27.4 Å². The second-order valence-electron chi connectivity index (χ2n) is 8.51. The number of thioether (sulfide) groups is 1. The molecule has 0 bridgehead atoms. The molecule has 9 nitrogen and oxygen atoms in total. The van der Waals surface area contributed by atoms with E-state index >= 15 is 0 Å². The van der Waals surface area contributed by atoms with Crippen molar-refractivity contribution in [1.82, 2.24) is 10.6 Å². The molecule has 0 saturated carbocycles. The molecule has 2 aromatic rings. The molecule has 2 aromatic carbocycles. The first-order valence-corrected chi connectivity index (χ1v) is 13.1. The highest BCUT2D eigenvalue weighted by Gasteiger charge is 2.38. The number of benzene rings is 2. The van der Waals surface area contributed by atoms with Crippen molar-refractivity contribution in [1.29, 1.82) is 5.41 Å². The molecule has 2 atom stereocenters. The average Bonchev–Trinajstić information content (AvgIpc) is 3.30. The van der Waals surface area contributed by atoms with E-state index in [9.17, 15) is 14.4 Å². The number of carbonyl (C=O) groups is 3. The van der Waals surface area contributed by atoms with Crippen LogP contribution < -0.4 is 15.5 Å². The molecule has 0 radical (unpaired) electrons. The van der Waals surface area contributed by atoms with Crippen LogP contribution in [0.4, 0.5) is 15.3 Å². The summed E-state index contributed by atoms with van der Waals surface area (Å²) in [6.07, 6.45) is 5.62. The van der Waals surface area contributed by atoms with Crippen molar-refractivity contribution in [3.05, 3.63) is 89.5 Å². The van der Waals surface area contributed by atoms with Gasteiger partial charge in [0.25, 0.3) is 0 Å². The molecule has 2 unspecified atom stereocenters. The summed E-state index contributed by atoms with van der Waals surface area (Å²) < 4.78 is 10.5. The highest BCUT2D eigenvalue weighted by molar-refractivity contribution is 7.98. The number of anilines is 1. The van der Waals surface area contributed by atoms with Gasteiger partial charge in [0.05, 0.1) is 18.3 Å². The minimum atomic E-state index is -0.996. The molecule has 1 aliphatic carbocycles. The van der Waals surface area contributed by atoms with Gasteiger partial charge < -0.3 is 25.5 Å². The molecular weight excluding hydrogens is 492 g/mol. The zero-order valence-corrected chi connectivity index (χ0v) is 21.1. The Morgan fingerprint density at radius 1 is 1.14 bits per heavy atom. The standard InChI is InChI=1S/C27H28N4O5S/c1-37-17-20-13-21(28)9-12-23(20)30-26(33)29-14-18-7-10-22(11-8-18)31-15-24(36-27(31)34)25(32)35-16-19-5-3-2-4-6-19/h2-13,23-24,28H,14-17H2,1H3,(H2,29,30,33). The van der Waals surface area contributed by atoms with E-state index in [4.69, 9.17) is 14.9 Å². The number of nitrogens with zero attached hydrogens (tertiary/aromatic N) is 1. The molecular formula is C27H28N4O5S. The van der Waals surface area contributed by atoms with Crippen molar-refractivity contribution in [2.45, 2.75) is 25.3 Å². The third-order valence-corrected chi connectivity index (χ3v) is 6.43. The summed E-state index contributed by atoms with van der Waals surface area (Å²) in [5.41, 5.74) is 3.66. The zero-order valence-electron chi connectivity index (χ0n) is 20.3. The van der Waals surface area contributed by atoms with Gasteiger partial charge in [0.2, 0.25) is 6.10 Å². The quantitative estimate of drug-likeness (QED) is 0.433. The van der Waals surface area contributed by atoms with Gasteiger partial charge in [-0.15, -0.1) is 0 Å². The predicted octanol–water partition coefficient (Wildman–Crippen LogP) is 3.80. The third-order valence-electron chi connectivity index (χ3n) is 5.81. The second-order valence-corrected chi connectivity index (χ2v) is 9.38. The summed E-state index contributed by atoms with van der Waals surface area (Å²) in [5, 5.41) is 13.5. The van der Waals surface area contributed by atoms with Crippen molar-refractivity contribution in [3.8, 4) is 0 Å². The maximum absolute atomic E-state index is 12.4. The normalized spacial score (nSPS) is 18.7. The summed E-state index contributed by atoms with van der Waals surface area (Å²) in [5.74, 6) is 0.135. The lowest BCUT2D eigenvalue weighted by Crippen LogP contribution is -2.43. The molecule has 1 fully saturated rings. The molecule has 3 amide bonds. The summed E-state index contributed by atoms with van der Waals surface area (Å²) in [6.45, 7) is 0.461. The van der Waals surface area contributed by atoms with Gasteiger partial charge in [-0.25, -0.2) is 14.4 Å². The van der Waals surface area contributed by atoms with Crippen molar-refractivity contribution < 1.29 is 23.9 Å². The molecule has 192 valence electrons. The minimum Gasteiger partial charge on any atom is -0.458 e. The number of urea groups is 1. The number of ether oxygens (including phenoxy) is 2. The van der Waals surface area contributed by atoms with Crippen LogP contribution in [0.25, 0.3) is 0 Å². The Bertz CT molecular complexity index is 1210. The smallest absolute Gasteiger partial charge is 0.415 e. The van der Waals surface area contributed by atoms with Crippen LogP contribution in [0.15, 0.2) is 78.4 Å². The van der Waals surface area contributed by atoms with Gasteiger partial charge in [0.15, 0.2) is 0 Å². The number of hydrogen-bond donors (Lipinski definition) is 3. The van der Waals surface area contributed by atoms with E-state index < -0.39 is 18.2 Å². The predicted molar refractivity (Wildman–Crippen MR) is 143 cm³/mol. The maximum atomic E-state index is 12.4. The fourth-order valence-electron chi connectivity index (χ4n) is 3.89. The van der Waals surface area contributed by atoms with Gasteiger partial charge in [-0.05, 0) is 47.2 Å². The third kappa shape index (κ3) is 7.01. The number of esters is 1.